The molecule has 19 heavy (non-hydrogen) atoms. The topological polar surface area (TPSA) is 68.0 Å². The summed E-state index contributed by atoms with van der Waals surface area (Å²) in [4.78, 5) is 16.1. The molecule has 0 bridgehead atoms. The van der Waals surface area contributed by atoms with Crippen LogP contribution < -0.4 is 11.1 Å². The Morgan fingerprint density at radius 3 is 2.79 bits per heavy atom. The number of rotatable bonds is 4. The summed E-state index contributed by atoms with van der Waals surface area (Å²) in [7, 11) is 0. The fourth-order valence-corrected chi connectivity index (χ4v) is 2.91. The van der Waals surface area contributed by atoms with Gasteiger partial charge in [0.25, 0.3) is 0 Å². The van der Waals surface area contributed by atoms with Crippen molar-refractivity contribution in [2.45, 2.75) is 38.5 Å². The summed E-state index contributed by atoms with van der Waals surface area (Å²) < 4.78 is 0. The molecule has 1 fully saturated rings. The Morgan fingerprint density at radius 2 is 2.16 bits per heavy atom. The Bertz CT molecular complexity index is 444. The van der Waals surface area contributed by atoms with Crippen molar-refractivity contribution in [2.75, 3.05) is 11.9 Å². The van der Waals surface area contributed by atoms with Crippen LogP contribution in [0.15, 0.2) is 18.5 Å². The van der Waals surface area contributed by atoms with Gasteiger partial charge in [-0.25, -0.2) is 0 Å². The third kappa shape index (κ3) is 3.67. The maximum atomic E-state index is 12.1. The van der Waals surface area contributed by atoms with Crippen LogP contribution in [0.4, 0.5) is 5.69 Å². The number of hydrogen-bond donors (Lipinski definition) is 2. The zero-order valence-electron chi connectivity index (χ0n) is 11.0. The van der Waals surface area contributed by atoms with Gasteiger partial charge in [-0.2, -0.15) is 0 Å². The first-order chi connectivity index (χ1) is 9.15. The van der Waals surface area contributed by atoms with Crippen molar-refractivity contribution in [3.8, 4) is 0 Å². The molecule has 0 radical (unpaired) electrons. The van der Waals surface area contributed by atoms with Crippen LogP contribution in [0.2, 0.25) is 5.02 Å². The fourth-order valence-electron chi connectivity index (χ4n) is 2.76. The zero-order chi connectivity index (χ0) is 13.7. The lowest BCUT2D eigenvalue weighted by molar-refractivity contribution is -0.118. The molecule has 2 rings (SSSR count). The van der Waals surface area contributed by atoms with Crippen LogP contribution in [0.3, 0.4) is 0 Å². The number of hydrogen-bond acceptors (Lipinski definition) is 3. The molecule has 0 spiro atoms. The highest BCUT2D eigenvalue weighted by molar-refractivity contribution is 6.33. The second-order valence-electron chi connectivity index (χ2n) is 5.35. The molecule has 0 aromatic carbocycles. The van der Waals surface area contributed by atoms with Crippen molar-refractivity contribution >= 4 is 23.2 Å². The maximum Gasteiger partial charge on any atom is 0.225 e. The molecule has 0 unspecified atom stereocenters. The number of anilines is 1. The average Bonchev–Trinajstić information content (AvgIpc) is 2.42. The molecule has 1 heterocycles. The number of aromatic nitrogens is 1. The first-order valence-corrected chi connectivity index (χ1v) is 7.12. The molecule has 4 nitrogen and oxygen atoms in total. The predicted octanol–water partition coefficient (Wildman–Crippen LogP) is 2.97. The van der Waals surface area contributed by atoms with Crippen LogP contribution in [0, 0.1) is 5.41 Å². The summed E-state index contributed by atoms with van der Waals surface area (Å²) in [6.45, 7) is 0.571. The van der Waals surface area contributed by atoms with E-state index < -0.39 is 0 Å². The van der Waals surface area contributed by atoms with Crippen molar-refractivity contribution in [3.63, 3.8) is 0 Å². The van der Waals surface area contributed by atoms with Gasteiger partial charge >= 0.3 is 0 Å². The summed E-state index contributed by atoms with van der Waals surface area (Å²) in [5.41, 5.74) is 6.43. The summed E-state index contributed by atoms with van der Waals surface area (Å²) >= 11 is 6.00. The van der Waals surface area contributed by atoms with Gasteiger partial charge in [0, 0.05) is 12.6 Å². The Kier molecular flexibility index (Phi) is 4.77. The van der Waals surface area contributed by atoms with Crippen LogP contribution in [0.5, 0.6) is 0 Å². The molecule has 104 valence electrons. The minimum Gasteiger partial charge on any atom is -0.330 e. The maximum absolute atomic E-state index is 12.1. The van der Waals surface area contributed by atoms with Crippen molar-refractivity contribution in [3.05, 3.63) is 23.5 Å². The number of halogens is 1. The van der Waals surface area contributed by atoms with Gasteiger partial charge in [-0.15, -0.1) is 0 Å². The van der Waals surface area contributed by atoms with Crippen LogP contribution in [-0.4, -0.2) is 17.4 Å². The van der Waals surface area contributed by atoms with Crippen LogP contribution in [0.1, 0.15) is 38.5 Å². The van der Waals surface area contributed by atoms with Crippen molar-refractivity contribution < 1.29 is 4.79 Å². The normalized spacial score (nSPS) is 18.0. The molecule has 1 aliphatic rings. The Balaban J connectivity index is 1.98. The number of carbonyl (C=O) groups is 1. The van der Waals surface area contributed by atoms with Crippen molar-refractivity contribution in [2.24, 2.45) is 11.1 Å². The van der Waals surface area contributed by atoms with E-state index in [1.54, 1.807) is 18.5 Å². The molecular weight excluding hydrogens is 262 g/mol. The van der Waals surface area contributed by atoms with Gasteiger partial charge in [-0.3, -0.25) is 9.78 Å². The molecule has 1 saturated carbocycles. The molecule has 1 aromatic rings. The van der Waals surface area contributed by atoms with E-state index in [-0.39, 0.29) is 11.3 Å². The standard InChI is InChI=1S/C14H20ClN3O/c15-11-4-7-17-9-12(11)18-13(19)8-14(10-16)5-2-1-3-6-14/h4,7,9H,1-3,5-6,8,10,16H2,(H,18,19). The molecule has 3 N–H and O–H groups in total. The number of amides is 1. The number of nitrogens with one attached hydrogen (secondary N) is 1. The van der Waals surface area contributed by atoms with E-state index >= 15 is 0 Å². The SMILES string of the molecule is NCC1(CC(=O)Nc2cnccc2Cl)CCCCC1. The highest BCUT2D eigenvalue weighted by Crippen LogP contribution is 2.38. The lowest BCUT2D eigenvalue weighted by Gasteiger charge is -2.35. The zero-order valence-corrected chi connectivity index (χ0v) is 11.7. The van der Waals surface area contributed by atoms with E-state index in [9.17, 15) is 4.79 Å². The lowest BCUT2D eigenvalue weighted by Crippen LogP contribution is -2.36. The molecule has 1 amide bonds. The molecule has 0 atom stereocenters. The number of carbonyl (C=O) groups excluding carboxylic acids is 1. The smallest absolute Gasteiger partial charge is 0.225 e. The minimum atomic E-state index is -0.0307. The number of pyridine rings is 1. The first kappa shape index (κ1) is 14.3. The van der Waals surface area contributed by atoms with Gasteiger partial charge in [0.2, 0.25) is 5.91 Å². The lowest BCUT2D eigenvalue weighted by atomic mass is 9.71. The van der Waals surface area contributed by atoms with Gasteiger partial charge in [0.15, 0.2) is 0 Å². The molecule has 5 heteroatoms. The number of nitrogens with zero attached hydrogens (tertiary/aromatic N) is 1. The Labute approximate surface area is 118 Å². The van der Waals surface area contributed by atoms with Crippen LogP contribution in [0.25, 0.3) is 0 Å². The van der Waals surface area contributed by atoms with E-state index in [0.29, 0.717) is 23.7 Å². The monoisotopic (exact) mass is 281 g/mol. The molecule has 1 aliphatic carbocycles. The summed E-state index contributed by atoms with van der Waals surface area (Å²) in [6.07, 6.45) is 9.29. The highest BCUT2D eigenvalue weighted by atomic mass is 35.5. The van der Waals surface area contributed by atoms with Gasteiger partial charge in [0.1, 0.15) is 0 Å². The molecular formula is C14H20ClN3O. The summed E-state index contributed by atoms with van der Waals surface area (Å²) in [6, 6.07) is 1.66. The van der Waals surface area contributed by atoms with Gasteiger partial charge in [-0.1, -0.05) is 30.9 Å². The summed E-state index contributed by atoms with van der Waals surface area (Å²) in [5, 5.41) is 3.34. The third-order valence-electron chi connectivity index (χ3n) is 3.92. The second-order valence-corrected chi connectivity index (χ2v) is 5.75. The quantitative estimate of drug-likeness (QED) is 0.891. The van der Waals surface area contributed by atoms with Gasteiger partial charge in [-0.05, 0) is 30.9 Å². The second kappa shape index (κ2) is 6.35. The fraction of sp³-hybridized carbons (Fsp3) is 0.571. The number of nitrogens with two attached hydrogens (primary N) is 1. The van der Waals surface area contributed by atoms with Gasteiger partial charge < -0.3 is 11.1 Å². The van der Waals surface area contributed by atoms with Crippen LogP contribution in [-0.2, 0) is 4.79 Å². The minimum absolute atomic E-state index is 0.0257. The predicted molar refractivity (Wildman–Crippen MR) is 77.1 cm³/mol. The van der Waals surface area contributed by atoms with E-state index in [0.717, 1.165) is 25.7 Å². The Morgan fingerprint density at radius 1 is 1.42 bits per heavy atom. The van der Waals surface area contributed by atoms with E-state index in [1.807, 2.05) is 0 Å². The van der Waals surface area contributed by atoms with E-state index in [2.05, 4.69) is 10.3 Å². The highest BCUT2D eigenvalue weighted by Gasteiger charge is 2.33. The Hall–Kier alpha value is -1.13. The third-order valence-corrected chi connectivity index (χ3v) is 4.25. The first-order valence-electron chi connectivity index (χ1n) is 6.75. The van der Waals surface area contributed by atoms with Crippen molar-refractivity contribution in [1.82, 2.24) is 4.98 Å². The van der Waals surface area contributed by atoms with Crippen LogP contribution >= 0.6 is 11.6 Å². The van der Waals surface area contributed by atoms with E-state index in [1.165, 1.54) is 6.42 Å². The van der Waals surface area contributed by atoms with E-state index in [4.69, 9.17) is 17.3 Å². The molecule has 0 aliphatic heterocycles. The molecule has 1 aromatic heterocycles. The molecule has 0 saturated heterocycles. The summed E-state index contributed by atoms with van der Waals surface area (Å²) in [5.74, 6) is -0.0257. The average molecular weight is 282 g/mol. The largest absolute Gasteiger partial charge is 0.330 e. The van der Waals surface area contributed by atoms with Crippen molar-refractivity contribution in [1.29, 1.82) is 0 Å². The van der Waals surface area contributed by atoms with Gasteiger partial charge in [0.05, 0.1) is 16.9 Å².